The van der Waals surface area contributed by atoms with Gasteiger partial charge in [0.15, 0.2) is 0 Å². The summed E-state index contributed by atoms with van der Waals surface area (Å²) >= 11 is 4.80. The van der Waals surface area contributed by atoms with Crippen molar-refractivity contribution in [3.05, 3.63) is 82.1 Å². The van der Waals surface area contributed by atoms with Crippen LogP contribution in [0.25, 0.3) is 0 Å². The van der Waals surface area contributed by atoms with E-state index < -0.39 is 5.97 Å². The first-order chi connectivity index (χ1) is 13.5. The molecule has 29 heavy (non-hydrogen) atoms. The van der Waals surface area contributed by atoms with Crippen LogP contribution < -0.4 is 5.11 Å². The van der Waals surface area contributed by atoms with Crippen molar-refractivity contribution in [3.63, 3.8) is 0 Å². The maximum absolute atomic E-state index is 12.3. The minimum atomic E-state index is -1.36. The third-order valence-electron chi connectivity index (χ3n) is 4.10. The van der Waals surface area contributed by atoms with Gasteiger partial charge in [0, 0.05) is 34.1 Å². The lowest BCUT2D eigenvalue weighted by Gasteiger charge is -2.03. The van der Waals surface area contributed by atoms with Crippen molar-refractivity contribution in [1.29, 1.82) is 0 Å². The average molecular weight is 474 g/mol. The third-order valence-corrected chi connectivity index (χ3v) is 5.70. The Hall–Kier alpha value is -2.38. The lowest BCUT2D eigenvalue weighted by atomic mass is 10.1. The van der Waals surface area contributed by atoms with Crippen molar-refractivity contribution in [2.24, 2.45) is 0 Å². The highest BCUT2D eigenvalue weighted by Crippen LogP contribution is 2.21. The number of ketones is 1. The highest BCUT2D eigenvalue weighted by molar-refractivity contribution is 9.10. The molecule has 0 aliphatic rings. The van der Waals surface area contributed by atoms with Gasteiger partial charge in [-0.2, -0.15) is 5.10 Å². The molecule has 2 aromatic carbocycles. The second kappa shape index (κ2) is 11.0. The van der Waals surface area contributed by atoms with Gasteiger partial charge in [0.1, 0.15) is 11.5 Å². The first-order valence-corrected chi connectivity index (χ1v) is 10.5. The Kier molecular flexibility index (Phi) is 8.67. The van der Waals surface area contributed by atoms with Gasteiger partial charge in [-0.3, -0.25) is 9.48 Å². The molecule has 0 aliphatic carbocycles. The number of Topliss-reactive ketones (excluding diaryl/α,β-unsaturated/α-hetero) is 1. The quantitative estimate of drug-likeness (QED) is 0.441. The zero-order valence-corrected chi connectivity index (χ0v) is 17.4. The molecule has 7 heteroatoms. The van der Waals surface area contributed by atoms with E-state index in [4.69, 9.17) is 0 Å². The smallest absolute Gasteiger partial charge is 0.147 e. The molecule has 0 N–H and O–H groups in total. The second-order valence-electron chi connectivity index (χ2n) is 6.25. The summed E-state index contributed by atoms with van der Waals surface area (Å²) in [5, 5.41) is 15.5. The predicted octanol–water partition coefficient (Wildman–Crippen LogP) is 3.79. The van der Waals surface area contributed by atoms with Crippen molar-refractivity contribution < 1.29 is 14.7 Å². The minimum Gasteiger partial charge on any atom is -0.543 e. The summed E-state index contributed by atoms with van der Waals surface area (Å²) in [5.41, 5.74) is 1.38. The van der Waals surface area contributed by atoms with Gasteiger partial charge in [-0.1, -0.05) is 53.7 Å². The minimum absolute atomic E-state index is 0. The van der Waals surface area contributed by atoms with Crippen LogP contribution in [0.15, 0.2) is 70.2 Å². The average Bonchev–Trinajstić information content (AvgIpc) is 3.10. The molecule has 0 fully saturated rings. The van der Waals surface area contributed by atoms with E-state index in [2.05, 4.69) is 21.0 Å². The lowest BCUT2D eigenvalue weighted by molar-refractivity contribution is -0.255. The normalized spacial score (nSPS) is 10.4. The zero-order chi connectivity index (χ0) is 19.9. The molecule has 0 unspecified atom stereocenters. The number of carbonyl (C=O) groups is 2. The van der Waals surface area contributed by atoms with Crippen molar-refractivity contribution in [1.82, 2.24) is 9.78 Å². The molecule has 0 saturated carbocycles. The summed E-state index contributed by atoms with van der Waals surface area (Å²) in [5.74, 6) is -1.15. The molecule has 0 aliphatic heterocycles. The number of nitrogens with zero attached hydrogens (tertiary/aromatic N) is 2. The topological polar surface area (TPSA) is 75.0 Å². The van der Waals surface area contributed by atoms with Crippen molar-refractivity contribution in [2.45, 2.75) is 31.7 Å². The molecular weight excluding hydrogens is 452 g/mol. The monoisotopic (exact) mass is 473 g/mol. The Bertz CT molecular complexity index is 956. The number of hydrogen-bond donors (Lipinski definition) is 0. The molecule has 0 amide bonds. The van der Waals surface area contributed by atoms with Gasteiger partial charge in [0.2, 0.25) is 0 Å². The molecule has 3 rings (SSSR count). The van der Waals surface area contributed by atoms with Gasteiger partial charge in [-0.25, -0.2) is 0 Å². The molecule has 3 aromatic rings. The number of hydrogen-bond acceptors (Lipinski definition) is 5. The standard InChI is InChI=1S/C21H19BrN2O3S.CH4/c22-17-6-8-19(9-7-17)28-14-18(25)12-16-13-24(23-20(16)21(26)27)11-10-15-4-2-1-3-5-15;/h1-9,13H,10-12,14H2,(H,26,27);1H4/p-1. The number of carboxylic acid groups (broad SMARTS) is 1. The van der Waals surface area contributed by atoms with E-state index in [1.54, 1.807) is 10.9 Å². The molecule has 152 valence electrons. The molecule has 0 saturated heterocycles. The highest BCUT2D eigenvalue weighted by atomic mass is 79.9. The summed E-state index contributed by atoms with van der Waals surface area (Å²) < 4.78 is 2.55. The SMILES string of the molecule is C.O=C(CSc1ccc(Br)cc1)Cc1cn(CCc2ccccc2)nc1C(=O)[O-]. The zero-order valence-electron chi connectivity index (χ0n) is 15.0. The van der Waals surface area contributed by atoms with Crippen LogP contribution in [0.1, 0.15) is 29.0 Å². The van der Waals surface area contributed by atoms with Crippen molar-refractivity contribution >= 4 is 39.4 Å². The van der Waals surface area contributed by atoms with E-state index in [1.165, 1.54) is 11.8 Å². The Morgan fingerprint density at radius 2 is 1.76 bits per heavy atom. The van der Waals surface area contributed by atoms with Crippen LogP contribution >= 0.6 is 27.7 Å². The number of rotatable bonds is 9. The Morgan fingerprint density at radius 1 is 1.07 bits per heavy atom. The fraction of sp³-hybridized carbons (Fsp3) is 0.227. The summed E-state index contributed by atoms with van der Waals surface area (Å²) in [4.78, 5) is 24.7. The number of benzene rings is 2. The molecule has 0 spiro atoms. The van der Waals surface area contributed by atoms with E-state index in [0.717, 1.165) is 21.4 Å². The van der Waals surface area contributed by atoms with Crippen molar-refractivity contribution in [2.75, 3.05) is 5.75 Å². The van der Waals surface area contributed by atoms with Gasteiger partial charge < -0.3 is 9.90 Å². The predicted molar refractivity (Wildman–Crippen MR) is 117 cm³/mol. The van der Waals surface area contributed by atoms with Crippen LogP contribution in [0.4, 0.5) is 0 Å². The van der Waals surface area contributed by atoms with Gasteiger partial charge >= 0.3 is 0 Å². The number of carboxylic acids is 1. The van der Waals surface area contributed by atoms with Gasteiger partial charge in [0.25, 0.3) is 0 Å². The molecular formula is C22H22BrN2O3S-. The van der Waals surface area contributed by atoms with Crippen LogP contribution in [0.3, 0.4) is 0 Å². The molecule has 5 nitrogen and oxygen atoms in total. The van der Waals surface area contributed by atoms with Crippen molar-refractivity contribution in [3.8, 4) is 0 Å². The van der Waals surface area contributed by atoms with Crippen LogP contribution in [0.5, 0.6) is 0 Å². The maximum atomic E-state index is 12.3. The fourth-order valence-corrected chi connectivity index (χ4v) is 3.75. The first-order valence-electron chi connectivity index (χ1n) is 8.73. The fourth-order valence-electron chi connectivity index (χ4n) is 2.72. The number of carbonyl (C=O) groups excluding carboxylic acids is 2. The Morgan fingerprint density at radius 3 is 2.41 bits per heavy atom. The van der Waals surface area contributed by atoms with Crippen LogP contribution in [-0.2, 0) is 24.2 Å². The summed E-state index contributed by atoms with van der Waals surface area (Å²) in [6.07, 6.45) is 2.39. The van der Waals surface area contributed by atoms with Crippen LogP contribution in [0.2, 0.25) is 0 Å². The molecule has 0 radical (unpaired) electrons. The first kappa shape index (κ1) is 22.9. The Balaban J connectivity index is 0.00000300. The van der Waals surface area contributed by atoms with Gasteiger partial charge in [-0.05, 0) is 36.2 Å². The van der Waals surface area contributed by atoms with E-state index in [9.17, 15) is 14.7 Å². The van der Waals surface area contributed by atoms with E-state index in [-0.39, 0.29) is 31.1 Å². The third kappa shape index (κ3) is 6.87. The van der Waals surface area contributed by atoms with Crippen LogP contribution in [-0.4, -0.2) is 27.3 Å². The maximum Gasteiger partial charge on any atom is 0.147 e. The van der Waals surface area contributed by atoms with Crippen LogP contribution in [0, 0.1) is 0 Å². The molecule has 0 atom stereocenters. The molecule has 0 bridgehead atoms. The van der Waals surface area contributed by atoms with Gasteiger partial charge in [-0.15, -0.1) is 11.8 Å². The highest BCUT2D eigenvalue weighted by Gasteiger charge is 2.14. The summed E-state index contributed by atoms with van der Waals surface area (Å²) in [7, 11) is 0. The number of aromatic nitrogens is 2. The number of aromatic carboxylic acids is 1. The summed E-state index contributed by atoms with van der Waals surface area (Å²) in [6.45, 7) is 0.534. The van der Waals surface area contributed by atoms with E-state index in [1.807, 2.05) is 54.6 Å². The van der Waals surface area contributed by atoms with E-state index in [0.29, 0.717) is 12.1 Å². The molecule has 1 heterocycles. The number of thioether (sulfide) groups is 1. The molecule has 1 aromatic heterocycles. The summed E-state index contributed by atoms with van der Waals surface area (Å²) in [6, 6.07) is 17.6. The number of aryl methyl sites for hydroxylation is 2. The largest absolute Gasteiger partial charge is 0.543 e. The van der Waals surface area contributed by atoms with Gasteiger partial charge in [0.05, 0.1) is 11.7 Å². The number of halogens is 1. The van der Waals surface area contributed by atoms with E-state index >= 15 is 0 Å². The Labute approximate surface area is 183 Å². The second-order valence-corrected chi connectivity index (χ2v) is 8.21. The lowest BCUT2D eigenvalue weighted by Crippen LogP contribution is -2.25.